The van der Waals surface area contributed by atoms with E-state index in [1.165, 1.54) is 42.5 Å². The van der Waals surface area contributed by atoms with Crippen molar-refractivity contribution in [2.24, 2.45) is 0 Å². The van der Waals surface area contributed by atoms with Crippen molar-refractivity contribution >= 4 is 45.0 Å². The minimum Gasteiger partial charge on any atom is -0.347 e. The number of H-pyrrole nitrogens is 1. The van der Waals surface area contributed by atoms with E-state index in [0.29, 0.717) is 0 Å². The summed E-state index contributed by atoms with van der Waals surface area (Å²) in [5.74, 6) is -0.747. The van der Waals surface area contributed by atoms with E-state index in [4.69, 9.17) is 23.2 Å². The number of carbonyl (C=O) groups is 1. The van der Waals surface area contributed by atoms with Gasteiger partial charge in [-0.15, -0.1) is 0 Å². The number of halogens is 3. The molecular formula is C18H14Cl2FN3O3S. The highest BCUT2D eigenvalue weighted by Crippen LogP contribution is 2.30. The molecular weight excluding hydrogens is 428 g/mol. The number of rotatable bonds is 6. The van der Waals surface area contributed by atoms with E-state index in [1.807, 2.05) is 0 Å². The Morgan fingerprint density at radius 2 is 1.64 bits per heavy atom. The fraction of sp³-hybridized carbons (Fsp3) is 0.0556. The summed E-state index contributed by atoms with van der Waals surface area (Å²) in [6.07, 6.45) is 0. The van der Waals surface area contributed by atoms with E-state index in [1.54, 1.807) is 12.1 Å². The molecule has 0 saturated heterocycles. The van der Waals surface area contributed by atoms with E-state index in [2.05, 4.69) is 15.0 Å². The van der Waals surface area contributed by atoms with Gasteiger partial charge in [-0.3, -0.25) is 9.52 Å². The highest BCUT2D eigenvalue weighted by molar-refractivity contribution is 7.93. The second-order valence-corrected chi connectivity index (χ2v) is 8.18. The molecule has 0 radical (unpaired) electrons. The summed E-state index contributed by atoms with van der Waals surface area (Å²) >= 11 is 11.9. The minimum atomic E-state index is -4.06. The van der Waals surface area contributed by atoms with E-state index < -0.39 is 15.9 Å². The molecule has 1 heterocycles. The zero-order valence-electron chi connectivity index (χ0n) is 14.2. The first-order chi connectivity index (χ1) is 13.3. The van der Waals surface area contributed by atoms with E-state index >= 15 is 0 Å². The number of hydrogen-bond donors (Lipinski definition) is 3. The fourth-order valence-electron chi connectivity index (χ4n) is 2.40. The molecule has 28 heavy (non-hydrogen) atoms. The Kier molecular flexibility index (Phi) is 5.93. The molecule has 1 amide bonds. The predicted molar refractivity (Wildman–Crippen MR) is 106 cm³/mol. The SMILES string of the molecule is O=C(NCc1ccc(F)cc1)c1ccc(NS(=O)(=O)c2c(Cl)cccc2Cl)[nH]1. The number of hydrogen-bond acceptors (Lipinski definition) is 3. The van der Waals surface area contributed by atoms with Crippen LogP contribution in [0, 0.1) is 5.82 Å². The third-order valence-corrected chi connectivity index (χ3v) is 6.05. The van der Waals surface area contributed by atoms with Crippen LogP contribution in [0.1, 0.15) is 16.1 Å². The summed E-state index contributed by atoms with van der Waals surface area (Å²) in [7, 11) is -4.06. The molecule has 0 aliphatic heterocycles. The van der Waals surface area contributed by atoms with Crippen molar-refractivity contribution in [2.45, 2.75) is 11.4 Å². The average Bonchev–Trinajstić information content (AvgIpc) is 3.08. The number of nitrogens with one attached hydrogen (secondary N) is 3. The Hall–Kier alpha value is -2.55. The monoisotopic (exact) mass is 441 g/mol. The number of sulfonamides is 1. The molecule has 0 saturated carbocycles. The molecule has 10 heteroatoms. The van der Waals surface area contributed by atoms with Gasteiger partial charge in [0.05, 0.1) is 10.0 Å². The van der Waals surface area contributed by atoms with Gasteiger partial charge in [0.15, 0.2) is 0 Å². The van der Waals surface area contributed by atoms with E-state index in [-0.39, 0.29) is 38.8 Å². The van der Waals surface area contributed by atoms with Gasteiger partial charge in [0.25, 0.3) is 15.9 Å². The fourth-order valence-corrected chi connectivity index (χ4v) is 4.57. The molecule has 0 fully saturated rings. The number of carbonyl (C=O) groups excluding carboxylic acids is 1. The summed E-state index contributed by atoms with van der Waals surface area (Å²) in [6.45, 7) is 0.189. The molecule has 0 spiro atoms. The van der Waals surface area contributed by atoms with Crippen molar-refractivity contribution in [1.29, 1.82) is 0 Å². The predicted octanol–water partition coefficient (Wildman–Crippen LogP) is 4.19. The lowest BCUT2D eigenvalue weighted by Crippen LogP contribution is -2.23. The van der Waals surface area contributed by atoms with Crippen LogP contribution in [0.4, 0.5) is 10.2 Å². The molecule has 3 rings (SSSR count). The van der Waals surface area contributed by atoms with Crippen LogP contribution in [-0.4, -0.2) is 19.3 Å². The lowest BCUT2D eigenvalue weighted by molar-refractivity contribution is 0.0946. The standard InChI is InChI=1S/C18H14Cl2FN3O3S/c19-13-2-1-3-14(20)17(13)28(26,27)24-16-9-8-15(23-16)18(25)22-10-11-4-6-12(21)7-5-11/h1-9,23-24H,10H2,(H,22,25). The first-order valence-corrected chi connectivity index (χ1v) is 10.2. The molecule has 0 atom stereocenters. The van der Waals surface area contributed by atoms with Crippen molar-refractivity contribution in [3.05, 3.63) is 81.7 Å². The first-order valence-electron chi connectivity index (χ1n) is 7.95. The van der Waals surface area contributed by atoms with E-state index in [0.717, 1.165) is 5.56 Å². The van der Waals surface area contributed by atoms with Crippen molar-refractivity contribution < 1.29 is 17.6 Å². The van der Waals surface area contributed by atoms with Gasteiger partial charge >= 0.3 is 0 Å². The normalized spacial score (nSPS) is 11.2. The number of anilines is 1. The minimum absolute atomic E-state index is 0.0242. The van der Waals surface area contributed by atoms with Gasteiger partial charge in [0.2, 0.25) is 0 Å². The molecule has 146 valence electrons. The Morgan fingerprint density at radius 1 is 1.00 bits per heavy atom. The summed E-state index contributed by atoms with van der Waals surface area (Å²) in [6, 6.07) is 12.9. The summed E-state index contributed by atoms with van der Waals surface area (Å²) in [5.41, 5.74) is 0.862. The largest absolute Gasteiger partial charge is 0.347 e. The molecule has 2 aromatic carbocycles. The Bertz CT molecular complexity index is 1100. The van der Waals surface area contributed by atoms with Crippen LogP contribution < -0.4 is 10.0 Å². The molecule has 3 aromatic rings. The van der Waals surface area contributed by atoms with Crippen LogP contribution in [0.3, 0.4) is 0 Å². The van der Waals surface area contributed by atoms with Crippen molar-refractivity contribution in [2.75, 3.05) is 4.72 Å². The summed E-state index contributed by atoms with van der Waals surface area (Å²) < 4.78 is 40.3. The lowest BCUT2D eigenvalue weighted by atomic mass is 10.2. The van der Waals surface area contributed by atoms with Gasteiger partial charge < -0.3 is 10.3 Å². The highest BCUT2D eigenvalue weighted by Gasteiger charge is 2.22. The number of aromatic amines is 1. The third kappa shape index (κ3) is 4.64. The maximum Gasteiger partial charge on any atom is 0.268 e. The summed E-state index contributed by atoms with van der Waals surface area (Å²) in [4.78, 5) is 14.6. The molecule has 3 N–H and O–H groups in total. The van der Waals surface area contributed by atoms with Crippen LogP contribution >= 0.6 is 23.2 Å². The Balaban J connectivity index is 1.69. The van der Waals surface area contributed by atoms with Crippen molar-refractivity contribution in [3.63, 3.8) is 0 Å². The highest BCUT2D eigenvalue weighted by atomic mass is 35.5. The van der Waals surface area contributed by atoms with Crippen LogP contribution in [0.25, 0.3) is 0 Å². The van der Waals surface area contributed by atoms with Crippen LogP contribution in [0.15, 0.2) is 59.5 Å². The average molecular weight is 442 g/mol. The number of benzene rings is 2. The quantitative estimate of drug-likeness (QED) is 0.535. The van der Waals surface area contributed by atoms with Gasteiger partial charge in [-0.25, -0.2) is 12.8 Å². The molecule has 0 aliphatic rings. The molecule has 1 aromatic heterocycles. The van der Waals surface area contributed by atoms with Gasteiger partial charge in [-0.2, -0.15) is 0 Å². The second kappa shape index (κ2) is 8.22. The van der Waals surface area contributed by atoms with Crippen LogP contribution in [-0.2, 0) is 16.6 Å². The zero-order chi connectivity index (χ0) is 20.3. The van der Waals surface area contributed by atoms with Crippen LogP contribution in [0.5, 0.6) is 0 Å². The van der Waals surface area contributed by atoms with Gasteiger partial charge in [-0.1, -0.05) is 41.4 Å². The number of amides is 1. The van der Waals surface area contributed by atoms with E-state index in [9.17, 15) is 17.6 Å². The topological polar surface area (TPSA) is 91.1 Å². The Labute approximate surface area is 170 Å². The van der Waals surface area contributed by atoms with Crippen molar-refractivity contribution in [3.8, 4) is 0 Å². The maximum atomic E-state index is 12.9. The zero-order valence-corrected chi connectivity index (χ0v) is 16.5. The first kappa shape index (κ1) is 20.2. The Morgan fingerprint density at radius 3 is 2.29 bits per heavy atom. The third-order valence-electron chi connectivity index (χ3n) is 3.73. The van der Waals surface area contributed by atoms with Crippen molar-refractivity contribution in [1.82, 2.24) is 10.3 Å². The maximum absolute atomic E-state index is 12.9. The number of aromatic nitrogens is 1. The molecule has 0 unspecified atom stereocenters. The molecule has 0 aliphatic carbocycles. The second-order valence-electron chi connectivity index (χ2n) is 5.75. The van der Waals surface area contributed by atoms with Gasteiger partial charge in [0.1, 0.15) is 22.2 Å². The van der Waals surface area contributed by atoms with Gasteiger partial charge in [-0.05, 0) is 42.0 Å². The lowest BCUT2D eigenvalue weighted by Gasteiger charge is -2.09. The molecule has 6 nitrogen and oxygen atoms in total. The smallest absolute Gasteiger partial charge is 0.268 e. The summed E-state index contributed by atoms with van der Waals surface area (Å²) in [5, 5.41) is 2.60. The molecule has 0 bridgehead atoms. The van der Waals surface area contributed by atoms with Gasteiger partial charge in [0, 0.05) is 6.54 Å². The van der Waals surface area contributed by atoms with Crippen LogP contribution in [0.2, 0.25) is 10.0 Å².